The summed E-state index contributed by atoms with van der Waals surface area (Å²) in [6.45, 7) is 3.45. The Morgan fingerprint density at radius 3 is 2.35 bits per heavy atom. The minimum atomic E-state index is -0.127. The molecule has 2 heterocycles. The van der Waals surface area contributed by atoms with Crippen LogP contribution in [0, 0.1) is 5.92 Å². The first-order valence-electron chi connectivity index (χ1n) is 10.9. The lowest BCUT2D eigenvalue weighted by molar-refractivity contribution is 0.102. The van der Waals surface area contributed by atoms with E-state index in [4.69, 9.17) is 4.74 Å². The van der Waals surface area contributed by atoms with Crippen LogP contribution >= 0.6 is 0 Å². The molecule has 0 bridgehead atoms. The van der Waals surface area contributed by atoms with Crippen molar-refractivity contribution in [2.24, 2.45) is 5.92 Å². The number of hydrogen-bond donors (Lipinski definition) is 1. The van der Waals surface area contributed by atoms with E-state index >= 15 is 0 Å². The first kappa shape index (κ1) is 19.6. The molecule has 0 unspecified atom stereocenters. The second kappa shape index (κ2) is 8.44. The molecule has 5 rings (SSSR count). The average molecular weight is 414 g/mol. The Balaban J connectivity index is 1.20. The molecule has 1 N–H and O–H groups in total. The number of anilines is 2. The topological polar surface area (TPSA) is 44.8 Å². The van der Waals surface area contributed by atoms with Crippen LogP contribution in [-0.2, 0) is 0 Å². The summed E-state index contributed by atoms with van der Waals surface area (Å²) in [6.07, 6.45) is 1.26. The van der Waals surface area contributed by atoms with Gasteiger partial charge in [-0.25, -0.2) is 0 Å². The van der Waals surface area contributed by atoms with Gasteiger partial charge in [0, 0.05) is 42.6 Å². The van der Waals surface area contributed by atoms with Crippen LogP contribution in [0.15, 0.2) is 78.9 Å². The van der Waals surface area contributed by atoms with Gasteiger partial charge in [0.05, 0.1) is 0 Å². The lowest BCUT2D eigenvalue weighted by Gasteiger charge is -2.26. The summed E-state index contributed by atoms with van der Waals surface area (Å²) in [5, 5.41) is 2.99. The number of benzene rings is 3. The van der Waals surface area contributed by atoms with Crippen molar-refractivity contribution in [1.29, 1.82) is 0 Å². The highest BCUT2D eigenvalue weighted by atomic mass is 16.5. The van der Waals surface area contributed by atoms with Gasteiger partial charge in [-0.2, -0.15) is 0 Å². The molecule has 2 aliphatic rings. The highest BCUT2D eigenvalue weighted by Gasteiger charge is 2.39. The van der Waals surface area contributed by atoms with Crippen molar-refractivity contribution in [1.82, 2.24) is 4.90 Å². The number of amides is 1. The molecule has 0 aliphatic carbocycles. The lowest BCUT2D eigenvalue weighted by Crippen LogP contribution is -2.34. The Hall–Kier alpha value is -3.31. The first-order chi connectivity index (χ1) is 15.2. The van der Waals surface area contributed by atoms with Crippen LogP contribution in [-0.4, -0.2) is 43.5 Å². The van der Waals surface area contributed by atoms with Gasteiger partial charge in [0.15, 0.2) is 0 Å². The fraction of sp³-hybridized carbons (Fsp3) is 0.269. The summed E-state index contributed by atoms with van der Waals surface area (Å²) < 4.78 is 5.79. The zero-order chi connectivity index (χ0) is 21.2. The van der Waals surface area contributed by atoms with E-state index < -0.39 is 0 Å². The van der Waals surface area contributed by atoms with Gasteiger partial charge < -0.3 is 19.9 Å². The van der Waals surface area contributed by atoms with Crippen molar-refractivity contribution in [3.05, 3.63) is 84.4 Å². The number of nitrogens with one attached hydrogen (secondary N) is 1. The van der Waals surface area contributed by atoms with Crippen molar-refractivity contribution in [2.45, 2.75) is 12.5 Å². The third-order valence-electron chi connectivity index (χ3n) is 6.28. The highest BCUT2D eigenvalue weighted by Crippen LogP contribution is 2.34. The SMILES string of the molecule is CN1C[C@@H]2CCN(c3ccc(NC(=O)c4ccc(Oc5ccccc5)cc4)cc3)[C@@H]2C1. The Kier molecular flexibility index (Phi) is 5.35. The van der Waals surface area contributed by atoms with E-state index in [0.29, 0.717) is 17.4 Å². The van der Waals surface area contributed by atoms with Crippen LogP contribution in [0.4, 0.5) is 11.4 Å². The van der Waals surface area contributed by atoms with Gasteiger partial charge in [0.25, 0.3) is 5.91 Å². The number of para-hydroxylation sites is 1. The average Bonchev–Trinajstić information content (AvgIpc) is 3.34. The molecule has 1 amide bonds. The standard InChI is InChI=1S/C26H27N3O2/c1-28-17-20-15-16-29(25(20)18-28)22-11-9-21(10-12-22)27-26(30)19-7-13-24(14-8-19)31-23-5-3-2-4-6-23/h2-14,20,25H,15-18H2,1H3,(H,27,30)/t20-,25+/m0/s1. The Morgan fingerprint density at radius 2 is 1.61 bits per heavy atom. The van der Waals surface area contributed by atoms with Crippen LogP contribution in [0.5, 0.6) is 11.5 Å². The molecule has 0 saturated carbocycles. The van der Waals surface area contributed by atoms with E-state index in [2.05, 4.69) is 34.3 Å². The molecule has 3 aromatic carbocycles. The fourth-order valence-corrected chi connectivity index (χ4v) is 4.73. The second-order valence-electron chi connectivity index (χ2n) is 8.47. The summed E-state index contributed by atoms with van der Waals surface area (Å²) in [4.78, 5) is 17.6. The van der Waals surface area contributed by atoms with E-state index in [1.165, 1.54) is 18.7 Å². The second-order valence-corrected chi connectivity index (χ2v) is 8.47. The molecule has 5 nitrogen and oxygen atoms in total. The third-order valence-corrected chi connectivity index (χ3v) is 6.28. The van der Waals surface area contributed by atoms with Crippen LogP contribution < -0.4 is 15.0 Å². The van der Waals surface area contributed by atoms with E-state index in [9.17, 15) is 4.79 Å². The van der Waals surface area contributed by atoms with Crippen molar-refractivity contribution in [3.8, 4) is 11.5 Å². The summed E-state index contributed by atoms with van der Waals surface area (Å²) in [7, 11) is 2.20. The number of fused-ring (bicyclic) bond motifs is 1. The van der Waals surface area contributed by atoms with E-state index in [1.807, 2.05) is 54.6 Å². The molecule has 158 valence electrons. The molecule has 0 aromatic heterocycles. The molecule has 2 fully saturated rings. The number of likely N-dealkylation sites (N-methyl/N-ethyl adjacent to an activating group) is 1. The molecule has 2 aliphatic heterocycles. The van der Waals surface area contributed by atoms with Crippen LogP contribution in [0.2, 0.25) is 0 Å². The smallest absolute Gasteiger partial charge is 0.255 e. The van der Waals surface area contributed by atoms with Crippen molar-refractivity contribution >= 4 is 17.3 Å². The third kappa shape index (κ3) is 4.28. The molecular formula is C26H27N3O2. The van der Waals surface area contributed by atoms with Gasteiger partial charge in [0.1, 0.15) is 11.5 Å². The minimum absolute atomic E-state index is 0.127. The monoisotopic (exact) mass is 413 g/mol. The van der Waals surface area contributed by atoms with Crippen LogP contribution in [0.1, 0.15) is 16.8 Å². The maximum Gasteiger partial charge on any atom is 0.255 e. The Labute approximate surface area is 183 Å². The minimum Gasteiger partial charge on any atom is -0.457 e. The summed E-state index contributed by atoms with van der Waals surface area (Å²) in [5.41, 5.74) is 2.64. The largest absolute Gasteiger partial charge is 0.457 e. The number of carbonyl (C=O) groups is 1. The zero-order valence-corrected chi connectivity index (χ0v) is 17.7. The van der Waals surface area contributed by atoms with Gasteiger partial charge >= 0.3 is 0 Å². The lowest BCUT2D eigenvalue weighted by atomic mass is 10.0. The van der Waals surface area contributed by atoms with Gasteiger partial charge in [0.2, 0.25) is 0 Å². The number of hydrogen-bond acceptors (Lipinski definition) is 4. The Bertz CT molecular complexity index is 1030. The van der Waals surface area contributed by atoms with Gasteiger partial charge in [-0.1, -0.05) is 18.2 Å². The van der Waals surface area contributed by atoms with Gasteiger partial charge in [-0.15, -0.1) is 0 Å². The predicted molar refractivity (Wildman–Crippen MR) is 124 cm³/mol. The Morgan fingerprint density at radius 1 is 0.903 bits per heavy atom. The van der Waals surface area contributed by atoms with Gasteiger partial charge in [-0.3, -0.25) is 4.79 Å². The zero-order valence-electron chi connectivity index (χ0n) is 17.7. The quantitative estimate of drug-likeness (QED) is 0.648. The van der Waals surface area contributed by atoms with Crippen molar-refractivity contribution in [3.63, 3.8) is 0 Å². The highest BCUT2D eigenvalue weighted by molar-refractivity contribution is 6.04. The first-order valence-corrected chi connectivity index (χ1v) is 10.9. The number of rotatable bonds is 5. The van der Waals surface area contributed by atoms with Crippen LogP contribution in [0.3, 0.4) is 0 Å². The molecule has 0 radical (unpaired) electrons. The van der Waals surface area contributed by atoms with E-state index in [1.54, 1.807) is 12.1 Å². The normalized spacial score (nSPS) is 20.5. The molecule has 0 spiro atoms. The molecule has 5 heteroatoms. The number of nitrogens with zero attached hydrogens (tertiary/aromatic N) is 2. The molecule has 2 atom stereocenters. The van der Waals surface area contributed by atoms with Crippen LogP contribution in [0.25, 0.3) is 0 Å². The fourth-order valence-electron chi connectivity index (χ4n) is 4.73. The van der Waals surface area contributed by atoms with E-state index in [-0.39, 0.29) is 5.91 Å². The van der Waals surface area contributed by atoms with Gasteiger partial charge in [-0.05, 0) is 80.1 Å². The maximum atomic E-state index is 12.6. The summed E-state index contributed by atoms with van der Waals surface area (Å²) in [5.74, 6) is 2.12. The van der Waals surface area contributed by atoms with Crippen molar-refractivity contribution < 1.29 is 9.53 Å². The molecule has 31 heavy (non-hydrogen) atoms. The summed E-state index contributed by atoms with van der Waals surface area (Å²) >= 11 is 0. The number of likely N-dealkylation sites (tertiary alicyclic amines) is 1. The predicted octanol–water partition coefficient (Wildman–Crippen LogP) is 4.87. The molecule has 2 saturated heterocycles. The van der Waals surface area contributed by atoms with E-state index in [0.717, 1.165) is 30.4 Å². The maximum absolute atomic E-state index is 12.6. The summed E-state index contributed by atoms with van der Waals surface area (Å²) in [6, 6.07) is 25.6. The number of ether oxygens (including phenoxy) is 1. The van der Waals surface area contributed by atoms with Crippen molar-refractivity contribution in [2.75, 3.05) is 36.9 Å². The molecule has 3 aromatic rings. The molecular weight excluding hydrogens is 386 g/mol. The number of carbonyl (C=O) groups excluding carboxylic acids is 1.